The van der Waals surface area contributed by atoms with Crippen molar-refractivity contribution < 1.29 is 18.3 Å². The minimum Gasteiger partial charge on any atom is -0.492 e. The molecule has 0 spiro atoms. The number of aliphatic hydroxyl groups is 1. The van der Waals surface area contributed by atoms with E-state index in [9.17, 15) is 13.5 Å². The number of sulfone groups is 1. The number of rotatable bonds is 5. The summed E-state index contributed by atoms with van der Waals surface area (Å²) in [5.74, 6) is 0.517. The van der Waals surface area contributed by atoms with Gasteiger partial charge in [-0.3, -0.25) is 0 Å². The van der Waals surface area contributed by atoms with Gasteiger partial charge in [0.05, 0.1) is 11.9 Å². The van der Waals surface area contributed by atoms with Gasteiger partial charge >= 0.3 is 0 Å². The summed E-state index contributed by atoms with van der Waals surface area (Å²) in [7, 11) is -3.02. The fourth-order valence-electron chi connectivity index (χ4n) is 1.41. The maximum absolute atomic E-state index is 11.0. The van der Waals surface area contributed by atoms with Crippen LogP contribution in [0.2, 0.25) is 0 Å². The van der Waals surface area contributed by atoms with Crippen molar-refractivity contribution in [2.24, 2.45) is 0 Å². The van der Waals surface area contributed by atoms with E-state index in [1.54, 1.807) is 19.1 Å². The van der Waals surface area contributed by atoms with Crippen LogP contribution in [0.15, 0.2) is 18.2 Å². The summed E-state index contributed by atoms with van der Waals surface area (Å²) in [5.41, 5.74) is 1.67. The number of hydrogen-bond donors (Lipinski definition) is 1. The van der Waals surface area contributed by atoms with Crippen LogP contribution in [0.25, 0.3) is 0 Å². The highest BCUT2D eigenvalue weighted by Gasteiger charge is 2.10. The average molecular weight is 258 g/mol. The molecule has 5 heteroatoms. The number of ether oxygens (including phenoxy) is 1. The third-order valence-electron chi connectivity index (χ3n) is 2.33. The molecule has 1 aromatic rings. The molecule has 17 heavy (non-hydrogen) atoms. The van der Waals surface area contributed by atoms with Crippen molar-refractivity contribution in [3.05, 3.63) is 29.3 Å². The zero-order valence-corrected chi connectivity index (χ0v) is 11.1. The summed E-state index contributed by atoms with van der Waals surface area (Å²) in [6.45, 7) is 3.66. The molecule has 0 saturated carbocycles. The quantitative estimate of drug-likeness (QED) is 0.868. The van der Waals surface area contributed by atoms with Gasteiger partial charge in [0.15, 0.2) is 9.84 Å². The van der Waals surface area contributed by atoms with Gasteiger partial charge in [-0.15, -0.1) is 0 Å². The van der Waals surface area contributed by atoms with Crippen molar-refractivity contribution in [2.45, 2.75) is 20.0 Å². The first-order chi connectivity index (χ1) is 7.79. The van der Waals surface area contributed by atoms with Crippen LogP contribution in [-0.4, -0.2) is 32.1 Å². The Morgan fingerprint density at radius 1 is 1.41 bits per heavy atom. The summed E-state index contributed by atoms with van der Waals surface area (Å²) >= 11 is 0. The lowest BCUT2D eigenvalue weighted by Crippen LogP contribution is -2.13. The molecule has 0 amide bonds. The van der Waals surface area contributed by atoms with Gasteiger partial charge < -0.3 is 9.84 Å². The molecule has 0 aromatic heterocycles. The van der Waals surface area contributed by atoms with Gasteiger partial charge in [-0.2, -0.15) is 0 Å². The zero-order valence-electron chi connectivity index (χ0n) is 10.3. The SMILES string of the molecule is Cc1ccc([C@@H](C)O)c(OCCS(C)(=O)=O)c1. The van der Waals surface area contributed by atoms with Crippen molar-refractivity contribution in [3.8, 4) is 5.75 Å². The molecule has 0 radical (unpaired) electrons. The van der Waals surface area contributed by atoms with Crippen molar-refractivity contribution in [3.63, 3.8) is 0 Å². The van der Waals surface area contributed by atoms with Crippen LogP contribution in [-0.2, 0) is 9.84 Å². The topological polar surface area (TPSA) is 63.6 Å². The van der Waals surface area contributed by atoms with E-state index in [4.69, 9.17) is 4.74 Å². The second-order valence-electron chi connectivity index (χ2n) is 4.20. The van der Waals surface area contributed by atoms with Gasteiger partial charge in [-0.1, -0.05) is 12.1 Å². The monoisotopic (exact) mass is 258 g/mol. The zero-order chi connectivity index (χ0) is 13.1. The minimum atomic E-state index is -3.02. The molecular formula is C12H18O4S. The Kier molecular flexibility index (Phi) is 4.54. The smallest absolute Gasteiger partial charge is 0.150 e. The predicted octanol–water partition coefficient (Wildman–Crippen LogP) is 1.47. The van der Waals surface area contributed by atoms with Gasteiger partial charge in [-0.25, -0.2) is 8.42 Å². The highest BCUT2D eigenvalue weighted by molar-refractivity contribution is 7.90. The highest BCUT2D eigenvalue weighted by Crippen LogP contribution is 2.26. The fourth-order valence-corrected chi connectivity index (χ4v) is 1.80. The fraction of sp³-hybridized carbons (Fsp3) is 0.500. The number of aliphatic hydroxyl groups excluding tert-OH is 1. The molecule has 1 atom stereocenters. The van der Waals surface area contributed by atoms with E-state index in [1.807, 2.05) is 13.0 Å². The first-order valence-electron chi connectivity index (χ1n) is 5.39. The van der Waals surface area contributed by atoms with Gasteiger partial charge in [0.1, 0.15) is 12.4 Å². The third-order valence-corrected chi connectivity index (χ3v) is 3.24. The van der Waals surface area contributed by atoms with E-state index in [0.717, 1.165) is 5.56 Å². The first-order valence-corrected chi connectivity index (χ1v) is 7.45. The molecular weight excluding hydrogens is 240 g/mol. The normalized spacial score (nSPS) is 13.4. The molecule has 96 valence electrons. The maximum atomic E-state index is 11.0. The number of benzene rings is 1. The molecule has 0 aliphatic heterocycles. The van der Waals surface area contributed by atoms with E-state index in [2.05, 4.69) is 0 Å². The molecule has 1 N–H and O–H groups in total. The van der Waals surface area contributed by atoms with Crippen molar-refractivity contribution >= 4 is 9.84 Å². The first kappa shape index (κ1) is 14.0. The number of aryl methyl sites for hydroxylation is 1. The summed E-state index contributed by atoms with van der Waals surface area (Å²) in [5, 5.41) is 9.56. The molecule has 1 rings (SSSR count). The van der Waals surface area contributed by atoms with Gasteiger partial charge in [0, 0.05) is 11.8 Å². The van der Waals surface area contributed by atoms with E-state index in [0.29, 0.717) is 11.3 Å². The van der Waals surface area contributed by atoms with Gasteiger partial charge in [-0.05, 0) is 25.5 Å². The Morgan fingerprint density at radius 2 is 2.06 bits per heavy atom. The summed E-state index contributed by atoms with van der Waals surface area (Å²) in [6, 6.07) is 5.46. The Labute approximate surface area is 102 Å². The highest BCUT2D eigenvalue weighted by atomic mass is 32.2. The minimum absolute atomic E-state index is 0.0276. The van der Waals surface area contributed by atoms with Crippen LogP contribution in [0.4, 0.5) is 0 Å². The van der Waals surface area contributed by atoms with Crippen molar-refractivity contribution in [1.82, 2.24) is 0 Å². The largest absolute Gasteiger partial charge is 0.492 e. The number of hydrogen-bond acceptors (Lipinski definition) is 4. The van der Waals surface area contributed by atoms with Gasteiger partial charge in [0.25, 0.3) is 0 Å². The Balaban J connectivity index is 2.79. The molecule has 0 fully saturated rings. The summed E-state index contributed by atoms with van der Waals surface area (Å²) < 4.78 is 27.4. The Morgan fingerprint density at radius 3 is 2.59 bits per heavy atom. The maximum Gasteiger partial charge on any atom is 0.150 e. The van der Waals surface area contributed by atoms with E-state index < -0.39 is 15.9 Å². The predicted molar refractivity (Wildman–Crippen MR) is 67.0 cm³/mol. The van der Waals surface area contributed by atoms with Crippen molar-refractivity contribution in [2.75, 3.05) is 18.6 Å². The molecule has 4 nitrogen and oxygen atoms in total. The van der Waals surface area contributed by atoms with Crippen LogP contribution in [0.5, 0.6) is 5.75 Å². The van der Waals surface area contributed by atoms with Crippen molar-refractivity contribution in [1.29, 1.82) is 0 Å². The molecule has 0 saturated heterocycles. The lowest BCUT2D eigenvalue weighted by Gasteiger charge is -2.13. The second kappa shape index (κ2) is 5.51. The molecule has 0 unspecified atom stereocenters. The standard InChI is InChI=1S/C12H18O4S/c1-9-4-5-11(10(2)13)12(8-9)16-6-7-17(3,14)15/h4-5,8,10,13H,6-7H2,1-3H3/t10-/m1/s1. The van der Waals surface area contributed by atoms with E-state index in [1.165, 1.54) is 6.26 Å². The average Bonchev–Trinajstić information content (AvgIpc) is 2.15. The van der Waals surface area contributed by atoms with Crippen LogP contribution < -0.4 is 4.74 Å². The van der Waals surface area contributed by atoms with E-state index in [-0.39, 0.29) is 12.4 Å². The van der Waals surface area contributed by atoms with E-state index >= 15 is 0 Å². The summed E-state index contributed by atoms with van der Waals surface area (Å²) in [6.07, 6.45) is 0.533. The van der Waals surface area contributed by atoms with Gasteiger partial charge in [0.2, 0.25) is 0 Å². The molecule has 0 aliphatic carbocycles. The Hall–Kier alpha value is -1.07. The van der Waals surface area contributed by atoms with Crippen LogP contribution in [0.3, 0.4) is 0 Å². The lowest BCUT2D eigenvalue weighted by molar-refractivity contribution is 0.192. The van der Waals surface area contributed by atoms with Crippen LogP contribution in [0, 0.1) is 6.92 Å². The Bertz CT molecular complexity index is 477. The second-order valence-corrected chi connectivity index (χ2v) is 6.46. The molecule has 0 bridgehead atoms. The van der Waals surface area contributed by atoms with Crippen LogP contribution in [0.1, 0.15) is 24.2 Å². The molecule has 0 aliphatic rings. The molecule has 0 heterocycles. The molecule has 1 aromatic carbocycles. The van der Waals surface area contributed by atoms with Crippen LogP contribution >= 0.6 is 0 Å². The third kappa shape index (κ3) is 4.75. The lowest BCUT2D eigenvalue weighted by atomic mass is 10.1. The summed E-state index contributed by atoms with van der Waals surface area (Å²) in [4.78, 5) is 0.